The second kappa shape index (κ2) is 9.50. The van der Waals surface area contributed by atoms with Gasteiger partial charge >= 0.3 is 0 Å². The molecule has 170 valence electrons. The Kier molecular flexibility index (Phi) is 6.30. The lowest BCUT2D eigenvalue weighted by molar-refractivity contribution is -0.113. The molecule has 1 aliphatic rings. The number of amides is 1. The molecule has 2 aromatic carbocycles. The highest BCUT2D eigenvalue weighted by Crippen LogP contribution is 2.29. The molecule has 1 amide bonds. The van der Waals surface area contributed by atoms with Gasteiger partial charge in [-0.15, -0.1) is 10.2 Å². The summed E-state index contributed by atoms with van der Waals surface area (Å²) < 4.78 is 8.58. The van der Waals surface area contributed by atoms with E-state index in [0.717, 1.165) is 40.5 Å². The Hall–Kier alpha value is -2.95. The lowest BCUT2D eigenvalue weighted by Crippen LogP contribution is -2.37. The number of nitrogens with zero attached hydrogens (tertiary/aromatic N) is 5. The van der Waals surface area contributed by atoms with Crippen LogP contribution in [0.3, 0.4) is 0 Å². The summed E-state index contributed by atoms with van der Waals surface area (Å²) in [5.74, 6) is 0.859. The van der Waals surface area contributed by atoms with Crippen LogP contribution in [0, 0.1) is 13.8 Å². The Labute approximate surface area is 200 Å². The standard InChI is InChI=1S/C23H24N6O2S2/c1-15-4-3-5-17(12-15)29-22(28-8-10-31-11-9-28)26-27-23(29)32-14-20(30)25-21-24-18-7-6-16(2)13-19(18)33-21/h3-7,12-13H,8-11,14H2,1-2H3,(H,24,25,30). The number of benzene rings is 2. The van der Waals surface area contributed by atoms with Crippen molar-refractivity contribution in [2.45, 2.75) is 19.0 Å². The van der Waals surface area contributed by atoms with Gasteiger partial charge in [0.1, 0.15) is 0 Å². The van der Waals surface area contributed by atoms with E-state index in [1.54, 1.807) is 0 Å². The summed E-state index contributed by atoms with van der Waals surface area (Å²) in [5.41, 5.74) is 4.19. The van der Waals surface area contributed by atoms with Crippen LogP contribution >= 0.6 is 23.1 Å². The van der Waals surface area contributed by atoms with Crippen LogP contribution in [0.4, 0.5) is 11.1 Å². The minimum atomic E-state index is -0.123. The van der Waals surface area contributed by atoms with Crippen molar-refractivity contribution in [3.8, 4) is 5.69 Å². The molecule has 0 bridgehead atoms. The van der Waals surface area contributed by atoms with Crippen molar-refractivity contribution < 1.29 is 9.53 Å². The molecule has 0 spiro atoms. The molecule has 3 heterocycles. The fraction of sp³-hybridized carbons (Fsp3) is 0.304. The Balaban J connectivity index is 1.35. The normalized spacial score (nSPS) is 14.1. The van der Waals surface area contributed by atoms with Crippen LogP contribution in [0.5, 0.6) is 0 Å². The largest absolute Gasteiger partial charge is 0.378 e. The average molecular weight is 481 g/mol. The molecule has 0 radical (unpaired) electrons. The molecular weight excluding hydrogens is 456 g/mol. The van der Waals surface area contributed by atoms with Crippen molar-refractivity contribution in [2.75, 3.05) is 42.3 Å². The molecule has 1 aliphatic heterocycles. The number of aryl methyl sites for hydroxylation is 2. The van der Waals surface area contributed by atoms with Gasteiger partial charge in [0.05, 0.1) is 34.9 Å². The summed E-state index contributed by atoms with van der Waals surface area (Å²) in [6, 6.07) is 14.3. The zero-order valence-corrected chi connectivity index (χ0v) is 20.1. The van der Waals surface area contributed by atoms with Gasteiger partial charge in [0.25, 0.3) is 0 Å². The predicted octanol–water partition coefficient (Wildman–Crippen LogP) is 4.06. The van der Waals surface area contributed by atoms with Crippen LogP contribution in [0.15, 0.2) is 47.6 Å². The maximum absolute atomic E-state index is 12.7. The summed E-state index contributed by atoms with van der Waals surface area (Å²) >= 11 is 2.85. The Morgan fingerprint density at radius 2 is 1.94 bits per heavy atom. The number of morpholine rings is 1. The molecule has 10 heteroatoms. The first-order valence-corrected chi connectivity index (χ1v) is 12.5. The average Bonchev–Trinajstić information content (AvgIpc) is 3.41. The van der Waals surface area contributed by atoms with Crippen LogP contribution in [0.1, 0.15) is 11.1 Å². The summed E-state index contributed by atoms with van der Waals surface area (Å²) in [5, 5.41) is 13.1. The van der Waals surface area contributed by atoms with Crippen LogP contribution in [-0.2, 0) is 9.53 Å². The highest BCUT2D eigenvalue weighted by Gasteiger charge is 2.22. The molecule has 33 heavy (non-hydrogen) atoms. The number of rotatable bonds is 6. The highest BCUT2D eigenvalue weighted by atomic mass is 32.2. The van der Waals surface area contributed by atoms with Crippen molar-refractivity contribution in [2.24, 2.45) is 0 Å². The molecule has 1 fully saturated rings. The molecule has 8 nitrogen and oxygen atoms in total. The van der Waals surface area contributed by atoms with Gasteiger partial charge in [-0.2, -0.15) is 0 Å². The van der Waals surface area contributed by atoms with Crippen LogP contribution < -0.4 is 10.2 Å². The van der Waals surface area contributed by atoms with Gasteiger partial charge in [0, 0.05) is 13.1 Å². The van der Waals surface area contributed by atoms with E-state index in [4.69, 9.17) is 4.74 Å². The van der Waals surface area contributed by atoms with E-state index in [-0.39, 0.29) is 11.7 Å². The van der Waals surface area contributed by atoms with Gasteiger partial charge in [-0.05, 0) is 49.2 Å². The summed E-state index contributed by atoms with van der Waals surface area (Å²) in [6.45, 7) is 6.94. The molecule has 1 N–H and O–H groups in total. The van der Waals surface area contributed by atoms with Gasteiger partial charge < -0.3 is 15.0 Å². The smallest absolute Gasteiger partial charge is 0.236 e. The Bertz CT molecular complexity index is 1300. The quantitative estimate of drug-likeness (QED) is 0.417. The number of anilines is 2. The SMILES string of the molecule is Cc1cccc(-n2c(SCC(=O)Nc3nc4ccc(C)cc4s3)nnc2N2CCOCC2)c1. The zero-order valence-electron chi connectivity index (χ0n) is 18.4. The third kappa shape index (κ3) is 4.87. The van der Waals surface area contributed by atoms with Crippen molar-refractivity contribution in [3.05, 3.63) is 53.6 Å². The molecule has 0 atom stereocenters. The maximum Gasteiger partial charge on any atom is 0.236 e. The van der Waals surface area contributed by atoms with Crippen molar-refractivity contribution >= 4 is 50.3 Å². The van der Waals surface area contributed by atoms with Crippen LogP contribution in [0.25, 0.3) is 15.9 Å². The molecule has 2 aromatic heterocycles. The van der Waals surface area contributed by atoms with Crippen LogP contribution in [0.2, 0.25) is 0 Å². The number of carbonyl (C=O) groups excluding carboxylic acids is 1. The number of hydrogen-bond acceptors (Lipinski definition) is 8. The summed E-state index contributed by atoms with van der Waals surface area (Å²) in [6.07, 6.45) is 0. The Morgan fingerprint density at radius 1 is 1.12 bits per heavy atom. The molecular formula is C23H24N6O2S2. The number of carbonyl (C=O) groups is 1. The third-order valence-corrected chi connectivity index (χ3v) is 7.16. The second-order valence-corrected chi connectivity index (χ2v) is 9.86. The lowest BCUT2D eigenvalue weighted by Gasteiger charge is -2.28. The molecule has 5 rings (SSSR count). The van der Waals surface area contributed by atoms with Gasteiger partial charge in [-0.3, -0.25) is 9.36 Å². The van der Waals surface area contributed by atoms with Gasteiger partial charge in [0.15, 0.2) is 10.3 Å². The van der Waals surface area contributed by atoms with E-state index >= 15 is 0 Å². The fourth-order valence-electron chi connectivity index (χ4n) is 3.69. The number of hydrogen-bond donors (Lipinski definition) is 1. The molecule has 0 unspecified atom stereocenters. The molecule has 0 saturated carbocycles. The van der Waals surface area contributed by atoms with E-state index < -0.39 is 0 Å². The van der Waals surface area contributed by atoms with E-state index in [0.29, 0.717) is 23.5 Å². The number of thioether (sulfide) groups is 1. The first kappa shape index (κ1) is 21.9. The lowest BCUT2D eigenvalue weighted by atomic mass is 10.2. The molecule has 0 aliphatic carbocycles. The summed E-state index contributed by atoms with van der Waals surface area (Å²) in [4.78, 5) is 19.4. The van der Waals surface area contributed by atoms with E-state index in [1.165, 1.54) is 28.7 Å². The minimum absolute atomic E-state index is 0.123. The molecule has 4 aromatic rings. The van der Waals surface area contributed by atoms with Crippen molar-refractivity contribution in [3.63, 3.8) is 0 Å². The van der Waals surface area contributed by atoms with Gasteiger partial charge in [0.2, 0.25) is 11.9 Å². The topological polar surface area (TPSA) is 85.2 Å². The minimum Gasteiger partial charge on any atom is -0.378 e. The van der Waals surface area contributed by atoms with E-state index in [1.807, 2.05) is 35.8 Å². The van der Waals surface area contributed by atoms with E-state index in [9.17, 15) is 4.79 Å². The second-order valence-electron chi connectivity index (χ2n) is 7.88. The van der Waals surface area contributed by atoms with Gasteiger partial charge in [-0.1, -0.05) is 41.3 Å². The maximum atomic E-state index is 12.7. The van der Waals surface area contributed by atoms with Crippen molar-refractivity contribution in [1.29, 1.82) is 0 Å². The third-order valence-electron chi connectivity index (χ3n) is 5.29. The van der Waals surface area contributed by atoms with E-state index in [2.05, 4.69) is 50.5 Å². The monoisotopic (exact) mass is 480 g/mol. The fourth-order valence-corrected chi connectivity index (χ4v) is 5.41. The number of ether oxygens (including phenoxy) is 1. The number of nitrogens with one attached hydrogen (secondary N) is 1. The zero-order chi connectivity index (χ0) is 22.8. The number of thiazole rings is 1. The Morgan fingerprint density at radius 3 is 2.76 bits per heavy atom. The predicted molar refractivity (Wildman–Crippen MR) is 133 cm³/mol. The van der Waals surface area contributed by atoms with Crippen LogP contribution in [-0.4, -0.2) is 57.7 Å². The summed E-state index contributed by atoms with van der Waals surface area (Å²) in [7, 11) is 0. The first-order valence-electron chi connectivity index (χ1n) is 10.7. The molecule has 1 saturated heterocycles. The number of aromatic nitrogens is 4. The van der Waals surface area contributed by atoms with Crippen molar-refractivity contribution in [1.82, 2.24) is 19.7 Å². The van der Waals surface area contributed by atoms with Gasteiger partial charge in [-0.25, -0.2) is 4.98 Å². The highest BCUT2D eigenvalue weighted by molar-refractivity contribution is 7.99. The number of fused-ring (bicyclic) bond motifs is 1. The first-order chi connectivity index (χ1) is 16.1.